The van der Waals surface area contributed by atoms with Crippen LogP contribution in [0.15, 0.2) is 124 Å². The number of thiazole rings is 1. The second-order valence-electron chi connectivity index (χ2n) is 10.9. The molecule has 0 saturated heterocycles. The van der Waals surface area contributed by atoms with Crippen molar-refractivity contribution in [2.75, 3.05) is 0 Å². The van der Waals surface area contributed by atoms with E-state index in [4.69, 9.17) is 24.9 Å². The summed E-state index contributed by atoms with van der Waals surface area (Å²) in [5, 5.41) is 0. The maximum Gasteiger partial charge on any atom is 2.00 e. The summed E-state index contributed by atoms with van der Waals surface area (Å²) in [6.07, 6.45) is 8.28. The van der Waals surface area contributed by atoms with Crippen molar-refractivity contribution >= 4 is 79.7 Å². The third-order valence-electron chi connectivity index (χ3n) is 7.98. The van der Waals surface area contributed by atoms with E-state index in [0.717, 1.165) is 86.5 Å². The van der Waals surface area contributed by atoms with Gasteiger partial charge in [-0.2, -0.15) is 0 Å². The molecule has 4 aromatic heterocycles. The number of para-hydroxylation sites is 1. The van der Waals surface area contributed by atoms with Gasteiger partial charge in [-0.3, -0.25) is 0 Å². The average molecular weight is 691 g/mol. The number of nitrogens with zero attached hydrogens (tertiary/aromatic N) is 5. The molecule has 0 N–H and O–H groups in total. The Morgan fingerprint density at radius 2 is 1.15 bits per heavy atom. The molecule has 8 bridgehead atoms. The third-order valence-corrected chi connectivity index (χ3v) is 10.2. The molecule has 0 spiro atoms. The normalized spacial score (nSPS) is 12.0. The van der Waals surface area contributed by atoms with Crippen molar-refractivity contribution in [3.8, 4) is 22.3 Å². The Morgan fingerprint density at radius 3 is 1.91 bits per heavy atom. The van der Waals surface area contributed by atoms with Crippen LogP contribution in [0.4, 0.5) is 0 Å². The number of aromatic nitrogens is 5. The third kappa shape index (κ3) is 5.59. The average Bonchev–Trinajstić information content (AvgIpc) is 3.93. The predicted octanol–water partition coefficient (Wildman–Crippen LogP) is 10.0. The van der Waals surface area contributed by atoms with Gasteiger partial charge < -0.3 is 9.97 Å². The number of hydrogen-bond acceptors (Lipinski definition) is 5. The van der Waals surface area contributed by atoms with E-state index in [2.05, 4.69) is 78.9 Å². The van der Waals surface area contributed by atoms with Crippen molar-refractivity contribution < 1.29 is 19.5 Å². The largest absolute Gasteiger partial charge is 2.00 e. The fourth-order valence-electron chi connectivity index (χ4n) is 5.88. The van der Waals surface area contributed by atoms with Crippen LogP contribution < -0.4 is 9.97 Å². The van der Waals surface area contributed by atoms with Crippen LogP contribution in [-0.4, -0.2) is 15.0 Å². The molecule has 6 heterocycles. The summed E-state index contributed by atoms with van der Waals surface area (Å²) in [6.45, 7) is 0. The van der Waals surface area contributed by atoms with Crippen molar-refractivity contribution in [1.82, 2.24) is 24.9 Å². The molecular weight excluding hydrogens is 668 g/mol. The van der Waals surface area contributed by atoms with Gasteiger partial charge in [0, 0.05) is 4.90 Å². The summed E-state index contributed by atoms with van der Waals surface area (Å²) in [5.41, 5.74) is 11.9. The Hall–Kier alpha value is -4.88. The Balaban J connectivity index is 0.00000324. The van der Waals surface area contributed by atoms with Crippen LogP contribution in [0.25, 0.3) is 78.8 Å². The van der Waals surface area contributed by atoms with Crippen LogP contribution in [0.5, 0.6) is 0 Å². The van der Waals surface area contributed by atoms with Crippen molar-refractivity contribution in [1.29, 1.82) is 0 Å². The predicted molar refractivity (Wildman–Crippen MR) is 191 cm³/mol. The van der Waals surface area contributed by atoms with E-state index >= 15 is 0 Å². The number of benzene rings is 3. The van der Waals surface area contributed by atoms with Crippen LogP contribution in [0.2, 0.25) is 0 Å². The summed E-state index contributed by atoms with van der Waals surface area (Å²) in [6, 6.07) is 39.2. The van der Waals surface area contributed by atoms with Crippen LogP contribution in [0.3, 0.4) is 0 Å². The van der Waals surface area contributed by atoms with E-state index in [1.165, 1.54) is 0 Å². The molecule has 0 unspecified atom stereocenters. The Labute approximate surface area is 292 Å². The van der Waals surface area contributed by atoms with Gasteiger partial charge in [-0.05, 0) is 58.7 Å². The van der Waals surface area contributed by atoms with Gasteiger partial charge in [0.05, 0.1) is 33.0 Å². The maximum atomic E-state index is 5.26. The van der Waals surface area contributed by atoms with E-state index in [1.54, 1.807) is 23.1 Å². The summed E-state index contributed by atoms with van der Waals surface area (Å²) >= 11 is 3.29. The van der Waals surface area contributed by atoms with Gasteiger partial charge in [0.2, 0.25) is 0 Å². The van der Waals surface area contributed by atoms with E-state index in [-0.39, 0.29) is 19.5 Å². The molecule has 3 aromatic carbocycles. The van der Waals surface area contributed by atoms with Crippen LogP contribution in [0, 0.1) is 0 Å². The zero-order chi connectivity index (χ0) is 30.5. The summed E-state index contributed by atoms with van der Waals surface area (Å²) in [5.74, 6) is 0. The minimum atomic E-state index is 0. The van der Waals surface area contributed by atoms with E-state index < -0.39 is 0 Å². The molecule has 0 aliphatic carbocycles. The molecule has 0 fully saturated rings. The maximum absolute atomic E-state index is 5.26. The molecule has 9 rings (SSSR count). The smallest absolute Gasteiger partial charge is 0.657 e. The van der Waals surface area contributed by atoms with Crippen molar-refractivity contribution in [2.45, 2.75) is 9.24 Å². The van der Waals surface area contributed by atoms with E-state index in [9.17, 15) is 0 Å². The van der Waals surface area contributed by atoms with Crippen molar-refractivity contribution in [2.24, 2.45) is 0 Å². The number of fused-ring (bicyclic) bond motifs is 9. The second-order valence-corrected chi connectivity index (χ2v) is 13.2. The fraction of sp³-hybridized carbons (Fsp3) is 0. The van der Waals surface area contributed by atoms with Crippen LogP contribution in [0.1, 0.15) is 22.8 Å². The SMILES string of the molecule is C1=Cc2nc1cc1ccc([n-]1)c(-c1ccccc1)c1nc(c(Sc3nc4ccccc4s3)c3ccc([n-]3)c2-c2ccccc2)C=C1.[Zn+2]. The summed E-state index contributed by atoms with van der Waals surface area (Å²) < 4.78 is 2.10. The molecule has 218 valence electrons. The second kappa shape index (κ2) is 12.4. The first-order valence-corrected chi connectivity index (χ1v) is 16.6. The number of rotatable bonds is 4. The first kappa shape index (κ1) is 29.5. The molecule has 7 aromatic rings. The monoisotopic (exact) mass is 689 g/mol. The number of hydrogen-bond donors (Lipinski definition) is 0. The molecule has 0 saturated carbocycles. The van der Waals surface area contributed by atoms with Gasteiger partial charge in [-0.15, -0.1) is 33.4 Å². The molecular formula is C39H23N5S2Zn. The molecule has 5 nitrogen and oxygen atoms in total. The molecule has 8 heteroatoms. The standard InChI is InChI=1S/C39H23N5S2.Zn/c1-3-9-24(10-4-1)36-29-17-15-26(40-29)23-27-16-18-30(41-27)37(25-11-5-2-6-12-25)32-20-22-34(43-32)38(33-21-19-31(36)42-33)46-39-44-28-13-7-8-14-35(28)45-39;/h1-23H;/q-2;+2. The zero-order valence-corrected chi connectivity index (χ0v) is 29.6. The molecule has 0 amide bonds. The van der Waals surface area contributed by atoms with Crippen molar-refractivity contribution in [3.05, 3.63) is 138 Å². The zero-order valence-electron chi connectivity index (χ0n) is 25.0. The van der Waals surface area contributed by atoms with Gasteiger partial charge in [-0.25, -0.2) is 15.0 Å². The first-order valence-electron chi connectivity index (χ1n) is 14.9. The molecule has 47 heavy (non-hydrogen) atoms. The molecule has 0 radical (unpaired) electrons. The summed E-state index contributed by atoms with van der Waals surface area (Å²) in [7, 11) is 0. The summed E-state index contributed by atoms with van der Waals surface area (Å²) in [4.78, 5) is 26.5. The quantitative estimate of drug-likeness (QED) is 0.171. The first-order chi connectivity index (χ1) is 22.7. The Bertz CT molecular complexity index is 2440. The van der Waals surface area contributed by atoms with Crippen LogP contribution >= 0.6 is 23.1 Å². The van der Waals surface area contributed by atoms with Crippen LogP contribution in [-0.2, 0) is 19.5 Å². The van der Waals surface area contributed by atoms with Gasteiger partial charge in [-0.1, -0.05) is 115 Å². The Morgan fingerprint density at radius 1 is 0.532 bits per heavy atom. The topological polar surface area (TPSA) is 66.9 Å². The minimum absolute atomic E-state index is 0. The van der Waals surface area contributed by atoms with Crippen molar-refractivity contribution in [3.63, 3.8) is 0 Å². The molecule has 0 atom stereocenters. The Kier molecular flexibility index (Phi) is 7.78. The van der Waals surface area contributed by atoms with Gasteiger partial charge >= 0.3 is 19.5 Å². The molecule has 2 aliphatic heterocycles. The van der Waals surface area contributed by atoms with Gasteiger partial charge in [0.25, 0.3) is 0 Å². The van der Waals surface area contributed by atoms with Gasteiger partial charge in [0.15, 0.2) is 4.34 Å². The molecule has 2 aliphatic rings. The fourth-order valence-corrected chi connectivity index (χ4v) is 8.02. The minimum Gasteiger partial charge on any atom is -0.657 e. The van der Waals surface area contributed by atoms with E-state index in [0.29, 0.717) is 0 Å². The van der Waals surface area contributed by atoms with E-state index in [1.807, 2.05) is 60.7 Å². The van der Waals surface area contributed by atoms with Gasteiger partial charge in [0.1, 0.15) is 0 Å².